The van der Waals surface area contributed by atoms with Gasteiger partial charge in [-0.1, -0.05) is 41.9 Å². The molecule has 4 aromatic rings. The summed E-state index contributed by atoms with van der Waals surface area (Å²) in [5, 5.41) is 10.8. The Morgan fingerprint density at radius 2 is 1.65 bits per heavy atom. The van der Waals surface area contributed by atoms with Gasteiger partial charge in [-0.05, 0) is 60.7 Å². The molecule has 0 aliphatic rings. The van der Waals surface area contributed by atoms with Gasteiger partial charge in [-0.3, -0.25) is 10.1 Å². The molecule has 0 fully saturated rings. The molecule has 3 aromatic carbocycles. The highest BCUT2D eigenvalue weighted by molar-refractivity contribution is 7.80. The zero-order valence-electron chi connectivity index (χ0n) is 16.0. The normalized spacial score (nSPS) is 10.5. The molecule has 0 atom stereocenters. The van der Waals surface area contributed by atoms with Crippen molar-refractivity contribution in [3.8, 4) is 16.9 Å². The molecule has 0 unspecified atom stereocenters. The molecule has 0 aliphatic carbocycles. The minimum Gasteiger partial charge on any atom is -0.332 e. The second-order valence-electron chi connectivity index (χ2n) is 6.59. The zero-order chi connectivity index (χ0) is 21.8. The number of carbonyl (C=O) groups is 1. The van der Waals surface area contributed by atoms with Gasteiger partial charge in [-0.15, -0.1) is 0 Å². The van der Waals surface area contributed by atoms with E-state index in [0.29, 0.717) is 22.0 Å². The average Bonchev–Trinajstić information content (AvgIpc) is 3.22. The van der Waals surface area contributed by atoms with Crippen LogP contribution in [0, 0.1) is 5.82 Å². The van der Waals surface area contributed by atoms with E-state index >= 15 is 0 Å². The Hall–Kier alpha value is -3.55. The Morgan fingerprint density at radius 1 is 0.968 bits per heavy atom. The number of halogens is 2. The van der Waals surface area contributed by atoms with Gasteiger partial charge in [0, 0.05) is 22.5 Å². The van der Waals surface area contributed by atoms with Gasteiger partial charge in [-0.25, -0.2) is 9.07 Å². The monoisotopic (exact) mass is 450 g/mol. The number of nitrogens with zero attached hydrogens (tertiary/aromatic N) is 2. The summed E-state index contributed by atoms with van der Waals surface area (Å²) in [4.78, 5) is 13.0. The van der Waals surface area contributed by atoms with Crippen LogP contribution in [-0.2, 0) is 0 Å². The van der Waals surface area contributed by atoms with Gasteiger partial charge < -0.3 is 5.32 Å². The van der Waals surface area contributed by atoms with E-state index < -0.39 is 5.91 Å². The number of aromatic nitrogens is 2. The predicted octanol–water partition coefficient (Wildman–Crippen LogP) is 5.46. The molecular weight excluding hydrogens is 435 g/mol. The standard InChI is InChI=1S/C23H16ClFN4OS/c24-16-8-6-15(7-9-16)21-20(14-29(28-21)19-4-2-1-3-5-19)22(30)27-23(31)26-18-12-10-17(25)11-13-18/h1-14H,(H2,26,27,30,31). The average molecular weight is 451 g/mol. The maximum absolute atomic E-state index is 13.1. The number of rotatable bonds is 4. The van der Waals surface area contributed by atoms with Crippen LogP contribution in [-0.4, -0.2) is 20.8 Å². The van der Waals surface area contributed by atoms with E-state index in [-0.39, 0.29) is 10.9 Å². The highest BCUT2D eigenvalue weighted by Gasteiger charge is 2.19. The number of hydrogen-bond acceptors (Lipinski definition) is 3. The molecule has 0 saturated carbocycles. The van der Waals surface area contributed by atoms with Gasteiger partial charge >= 0.3 is 0 Å². The summed E-state index contributed by atoms with van der Waals surface area (Å²) in [6.07, 6.45) is 1.65. The van der Waals surface area contributed by atoms with Crippen molar-refractivity contribution in [2.24, 2.45) is 0 Å². The Morgan fingerprint density at radius 3 is 2.32 bits per heavy atom. The summed E-state index contributed by atoms with van der Waals surface area (Å²) in [6, 6.07) is 22.2. The van der Waals surface area contributed by atoms with Crippen LogP contribution in [0.15, 0.2) is 85.1 Å². The molecule has 4 rings (SSSR count). The second-order valence-corrected chi connectivity index (χ2v) is 7.44. The molecule has 5 nitrogen and oxygen atoms in total. The van der Waals surface area contributed by atoms with Gasteiger partial charge in [0.05, 0.1) is 11.3 Å². The number of hydrogen-bond donors (Lipinski definition) is 2. The number of thiocarbonyl (C=S) groups is 1. The molecule has 1 aromatic heterocycles. The number of nitrogens with one attached hydrogen (secondary N) is 2. The highest BCUT2D eigenvalue weighted by atomic mass is 35.5. The topological polar surface area (TPSA) is 59.0 Å². The number of anilines is 1. The van der Waals surface area contributed by atoms with Crippen molar-refractivity contribution in [3.63, 3.8) is 0 Å². The van der Waals surface area contributed by atoms with Gasteiger partial charge in [-0.2, -0.15) is 5.10 Å². The van der Waals surface area contributed by atoms with Crippen molar-refractivity contribution in [3.05, 3.63) is 101 Å². The lowest BCUT2D eigenvalue weighted by atomic mass is 10.1. The molecule has 1 amide bonds. The molecule has 1 heterocycles. The third-order valence-corrected chi connectivity index (χ3v) is 4.88. The second kappa shape index (κ2) is 9.07. The minimum absolute atomic E-state index is 0.0890. The molecule has 0 spiro atoms. The number of para-hydroxylation sites is 1. The highest BCUT2D eigenvalue weighted by Crippen LogP contribution is 2.25. The molecule has 0 saturated heterocycles. The molecule has 8 heteroatoms. The van der Waals surface area contributed by atoms with Crippen molar-refractivity contribution in [1.29, 1.82) is 0 Å². The first kappa shape index (κ1) is 20.7. The summed E-state index contributed by atoms with van der Waals surface area (Å²) in [5.41, 5.74) is 2.94. The minimum atomic E-state index is -0.424. The van der Waals surface area contributed by atoms with Crippen molar-refractivity contribution in [2.45, 2.75) is 0 Å². The van der Waals surface area contributed by atoms with Crippen LogP contribution in [0.4, 0.5) is 10.1 Å². The van der Waals surface area contributed by atoms with Crippen molar-refractivity contribution >= 4 is 40.5 Å². The van der Waals surface area contributed by atoms with Crippen LogP contribution in [0.2, 0.25) is 5.02 Å². The van der Waals surface area contributed by atoms with E-state index in [4.69, 9.17) is 23.8 Å². The predicted molar refractivity (Wildman–Crippen MR) is 124 cm³/mol. The number of benzene rings is 3. The fourth-order valence-corrected chi connectivity index (χ4v) is 3.28. The molecule has 0 radical (unpaired) electrons. The Labute approximate surface area is 188 Å². The van der Waals surface area contributed by atoms with Crippen LogP contribution < -0.4 is 10.6 Å². The third-order valence-electron chi connectivity index (χ3n) is 4.43. The van der Waals surface area contributed by atoms with Crippen molar-refractivity contribution in [2.75, 3.05) is 5.32 Å². The van der Waals surface area contributed by atoms with Crippen LogP contribution in [0.1, 0.15) is 10.4 Å². The Kier molecular flexibility index (Phi) is 6.06. The fraction of sp³-hybridized carbons (Fsp3) is 0. The number of amides is 1. The van der Waals surface area contributed by atoms with E-state index in [2.05, 4.69) is 15.7 Å². The molecular formula is C23H16ClFN4OS. The van der Waals surface area contributed by atoms with E-state index in [1.165, 1.54) is 24.3 Å². The zero-order valence-corrected chi connectivity index (χ0v) is 17.6. The molecule has 154 valence electrons. The summed E-state index contributed by atoms with van der Waals surface area (Å²) >= 11 is 11.2. The fourth-order valence-electron chi connectivity index (χ4n) is 2.94. The van der Waals surface area contributed by atoms with Crippen molar-refractivity contribution in [1.82, 2.24) is 15.1 Å². The van der Waals surface area contributed by atoms with Crippen LogP contribution >= 0.6 is 23.8 Å². The molecule has 2 N–H and O–H groups in total. The van der Waals surface area contributed by atoms with Crippen molar-refractivity contribution < 1.29 is 9.18 Å². The lowest BCUT2D eigenvalue weighted by molar-refractivity contribution is 0.0978. The van der Waals surface area contributed by atoms with E-state index in [1.54, 1.807) is 35.1 Å². The lowest BCUT2D eigenvalue weighted by Gasteiger charge is -2.09. The Balaban J connectivity index is 1.62. The SMILES string of the molecule is O=C(NC(=S)Nc1ccc(F)cc1)c1cn(-c2ccccc2)nc1-c1ccc(Cl)cc1. The van der Waals surface area contributed by atoms with Gasteiger partial charge in [0.1, 0.15) is 11.5 Å². The van der Waals surface area contributed by atoms with Crippen LogP contribution in [0.3, 0.4) is 0 Å². The molecule has 0 bridgehead atoms. The first-order valence-corrected chi connectivity index (χ1v) is 10.1. The first-order chi connectivity index (χ1) is 15.0. The van der Waals surface area contributed by atoms with E-state index in [9.17, 15) is 9.18 Å². The summed E-state index contributed by atoms with van der Waals surface area (Å²) in [7, 11) is 0. The lowest BCUT2D eigenvalue weighted by Crippen LogP contribution is -2.34. The maximum Gasteiger partial charge on any atom is 0.261 e. The summed E-state index contributed by atoms with van der Waals surface area (Å²) in [6.45, 7) is 0. The Bertz CT molecular complexity index is 1220. The van der Waals surface area contributed by atoms with Gasteiger partial charge in [0.15, 0.2) is 5.11 Å². The number of carbonyl (C=O) groups excluding carboxylic acids is 1. The molecule has 31 heavy (non-hydrogen) atoms. The van der Waals surface area contributed by atoms with E-state index in [0.717, 1.165) is 11.3 Å². The third kappa shape index (κ3) is 4.96. The summed E-state index contributed by atoms with van der Waals surface area (Å²) < 4.78 is 14.7. The largest absolute Gasteiger partial charge is 0.332 e. The van der Waals surface area contributed by atoms with Gasteiger partial charge in [0.2, 0.25) is 0 Å². The maximum atomic E-state index is 13.1. The van der Waals surface area contributed by atoms with E-state index in [1.807, 2.05) is 30.3 Å². The quantitative estimate of drug-likeness (QED) is 0.405. The molecule has 0 aliphatic heterocycles. The van der Waals surface area contributed by atoms with Gasteiger partial charge in [0.25, 0.3) is 5.91 Å². The van der Waals surface area contributed by atoms with Crippen LogP contribution in [0.5, 0.6) is 0 Å². The smallest absolute Gasteiger partial charge is 0.261 e. The van der Waals surface area contributed by atoms with Crippen LogP contribution in [0.25, 0.3) is 16.9 Å². The first-order valence-electron chi connectivity index (χ1n) is 9.28. The summed E-state index contributed by atoms with van der Waals surface area (Å²) in [5.74, 6) is -0.784.